The highest BCUT2D eigenvalue weighted by Gasteiger charge is 2.25. The van der Waals surface area contributed by atoms with Crippen LogP contribution in [0.2, 0.25) is 0 Å². The van der Waals surface area contributed by atoms with Gasteiger partial charge in [0, 0.05) is 19.3 Å². The maximum absolute atomic E-state index is 4.49. The lowest BCUT2D eigenvalue weighted by molar-refractivity contribution is 0.669. The summed E-state index contributed by atoms with van der Waals surface area (Å²) in [5, 5.41) is 3.55. The third kappa shape index (κ3) is 3.07. The number of pyridine rings is 1. The Morgan fingerprint density at radius 2 is 1.85 bits per heavy atom. The molecule has 1 aliphatic carbocycles. The molecule has 1 saturated carbocycles. The minimum Gasteiger partial charge on any atom is -0.307 e. The van der Waals surface area contributed by atoms with Crippen molar-refractivity contribution in [2.45, 2.75) is 45.2 Å². The standard InChI is InChI=1S/C18H22N2/c1-2-14-7-5-11-20-18(14)13-19-12-16-6-3-4-8-17(16)15-9-10-15/h3-8,11,15,19H,2,9-10,12-13H2,1H3. The number of hydrogen-bond donors (Lipinski definition) is 1. The lowest BCUT2D eigenvalue weighted by Gasteiger charge is -2.11. The number of nitrogens with zero attached hydrogens (tertiary/aromatic N) is 1. The van der Waals surface area contributed by atoms with E-state index in [4.69, 9.17) is 0 Å². The van der Waals surface area contributed by atoms with Crippen LogP contribution >= 0.6 is 0 Å². The molecule has 0 amide bonds. The average molecular weight is 266 g/mol. The highest BCUT2D eigenvalue weighted by Crippen LogP contribution is 2.41. The molecule has 2 aromatic rings. The SMILES string of the molecule is CCc1cccnc1CNCc1ccccc1C1CC1. The van der Waals surface area contributed by atoms with E-state index in [9.17, 15) is 0 Å². The van der Waals surface area contributed by atoms with Gasteiger partial charge in [-0.1, -0.05) is 37.3 Å². The summed E-state index contributed by atoms with van der Waals surface area (Å²) in [6, 6.07) is 13.0. The van der Waals surface area contributed by atoms with E-state index in [1.807, 2.05) is 12.3 Å². The van der Waals surface area contributed by atoms with E-state index in [0.717, 1.165) is 25.4 Å². The predicted molar refractivity (Wildman–Crippen MR) is 82.6 cm³/mol. The molecule has 0 aliphatic heterocycles. The van der Waals surface area contributed by atoms with Crippen LogP contribution in [0.5, 0.6) is 0 Å². The number of hydrogen-bond acceptors (Lipinski definition) is 2. The summed E-state index contributed by atoms with van der Waals surface area (Å²) < 4.78 is 0. The molecular formula is C18H22N2. The first kappa shape index (κ1) is 13.3. The van der Waals surface area contributed by atoms with Crippen LogP contribution in [-0.4, -0.2) is 4.98 Å². The Hall–Kier alpha value is -1.67. The quantitative estimate of drug-likeness (QED) is 0.860. The molecule has 0 spiro atoms. The monoisotopic (exact) mass is 266 g/mol. The molecule has 1 N–H and O–H groups in total. The summed E-state index contributed by atoms with van der Waals surface area (Å²) in [4.78, 5) is 4.49. The number of aromatic nitrogens is 1. The van der Waals surface area contributed by atoms with E-state index in [1.165, 1.54) is 35.2 Å². The van der Waals surface area contributed by atoms with Crippen LogP contribution in [0.4, 0.5) is 0 Å². The molecular weight excluding hydrogens is 244 g/mol. The first-order valence-corrected chi connectivity index (χ1v) is 7.59. The van der Waals surface area contributed by atoms with Crippen molar-refractivity contribution in [3.63, 3.8) is 0 Å². The van der Waals surface area contributed by atoms with E-state index < -0.39 is 0 Å². The van der Waals surface area contributed by atoms with Crippen molar-refractivity contribution in [1.29, 1.82) is 0 Å². The van der Waals surface area contributed by atoms with E-state index >= 15 is 0 Å². The van der Waals surface area contributed by atoms with Gasteiger partial charge in [0.05, 0.1) is 5.69 Å². The number of nitrogens with one attached hydrogen (secondary N) is 1. The molecule has 0 unspecified atom stereocenters. The van der Waals surface area contributed by atoms with Gasteiger partial charge in [-0.05, 0) is 47.9 Å². The molecule has 2 nitrogen and oxygen atoms in total. The van der Waals surface area contributed by atoms with Gasteiger partial charge in [-0.3, -0.25) is 4.98 Å². The minimum atomic E-state index is 0.814. The van der Waals surface area contributed by atoms with Crippen molar-refractivity contribution in [2.75, 3.05) is 0 Å². The van der Waals surface area contributed by atoms with Gasteiger partial charge in [0.2, 0.25) is 0 Å². The zero-order valence-corrected chi connectivity index (χ0v) is 12.1. The molecule has 0 bridgehead atoms. The fraction of sp³-hybridized carbons (Fsp3) is 0.389. The molecule has 104 valence electrons. The normalized spacial score (nSPS) is 14.4. The zero-order chi connectivity index (χ0) is 13.8. The molecule has 1 aliphatic rings. The summed E-state index contributed by atoms with van der Waals surface area (Å²) in [6.07, 6.45) is 5.65. The van der Waals surface area contributed by atoms with Crippen LogP contribution in [0.25, 0.3) is 0 Å². The smallest absolute Gasteiger partial charge is 0.0573 e. The number of aryl methyl sites for hydroxylation is 1. The Balaban J connectivity index is 1.63. The Morgan fingerprint density at radius 1 is 1.05 bits per heavy atom. The van der Waals surface area contributed by atoms with Crippen molar-refractivity contribution in [1.82, 2.24) is 10.3 Å². The van der Waals surface area contributed by atoms with Crippen molar-refractivity contribution in [2.24, 2.45) is 0 Å². The first-order chi connectivity index (χ1) is 9.88. The van der Waals surface area contributed by atoms with Gasteiger partial charge in [0.15, 0.2) is 0 Å². The third-order valence-electron chi connectivity index (χ3n) is 4.05. The largest absolute Gasteiger partial charge is 0.307 e. The fourth-order valence-corrected chi connectivity index (χ4v) is 2.76. The van der Waals surface area contributed by atoms with Gasteiger partial charge in [0.25, 0.3) is 0 Å². The second kappa shape index (κ2) is 6.19. The van der Waals surface area contributed by atoms with Crippen LogP contribution < -0.4 is 5.32 Å². The molecule has 20 heavy (non-hydrogen) atoms. The Bertz CT molecular complexity index is 573. The molecule has 1 fully saturated rings. The van der Waals surface area contributed by atoms with Gasteiger partial charge in [-0.25, -0.2) is 0 Å². The zero-order valence-electron chi connectivity index (χ0n) is 12.1. The van der Waals surface area contributed by atoms with Gasteiger partial charge in [-0.2, -0.15) is 0 Å². The molecule has 3 rings (SSSR count). The molecule has 2 heteroatoms. The lowest BCUT2D eigenvalue weighted by atomic mass is 10.0. The summed E-state index contributed by atoms with van der Waals surface area (Å²) in [5.74, 6) is 0.814. The van der Waals surface area contributed by atoms with E-state index in [-0.39, 0.29) is 0 Å². The van der Waals surface area contributed by atoms with Crippen molar-refractivity contribution in [3.8, 4) is 0 Å². The molecule has 1 aromatic carbocycles. The third-order valence-corrected chi connectivity index (χ3v) is 4.05. The number of rotatable bonds is 6. The summed E-state index contributed by atoms with van der Waals surface area (Å²) >= 11 is 0. The second-order valence-corrected chi connectivity index (χ2v) is 5.54. The number of benzene rings is 1. The van der Waals surface area contributed by atoms with Crippen molar-refractivity contribution < 1.29 is 0 Å². The Labute approximate surface area is 121 Å². The summed E-state index contributed by atoms with van der Waals surface area (Å²) in [7, 11) is 0. The van der Waals surface area contributed by atoms with Crippen molar-refractivity contribution >= 4 is 0 Å². The van der Waals surface area contributed by atoms with Crippen molar-refractivity contribution in [3.05, 3.63) is 65.0 Å². The van der Waals surface area contributed by atoms with Gasteiger partial charge in [0.1, 0.15) is 0 Å². The summed E-state index contributed by atoms with van der Waals surface area (Å²) in [6.45, 7) is 3.97. The van der Waals surface area contributed by atoms with Crippen LogP contribution in [0.15, 0.2) is 42.6 Å². The first-order valence-electron chi connectivity index (χ1n) is 7.59. The molecule has 1 heterocycles. The molecule has 1 aromatic heterocycles. The Morgan fingerprint density at radius 3 is 2.65 bits per heavy atom. The van der Waals surface area contributed by atoms with E-state index in [0.29, 0.717) is 0 Å². The van der Waals surface area contributed by atoms with E-state index in [1.54, 1.807) is 0 Å². The molecule has 0 atom stereocenters. The average Bonchev–Trinajstić information content (AvgIpc) is 3.33. The van der Waals surface area contributed by atoms with Gasteiger partial charge < -0.3 is 5.32 Å². The topological polar surface area (TPSA) is 24.9 Å². The van der Waals surface area contributed by atoms with Crippen LogP contribution in [0.1, 0.15) is 48.1 Å². The highest BCUT2D eigenvalue weighted by atomic mass is 14.9. The van der Waals surface area contributed by atoms with Crippen LogP contribution in [-0.2, 0) is 19.5 Å². The minimum absolute atomic E-state index is 0.814. The fourth-order valence-electron chi connectivity index (χ4n) is 2.76. The van der Waals surface area contributed by atoms with Crippen LogP contribution in [0.3, 0.4) is 0 Å². The Kier molecular flexibility index (Phi) is 4.12. The molecule has 0 radical (unpaired) electrons. The second-order valence-electron chi connectivity index (χ2n) is 5.54. The maximum Gasteiger partial charge on any atom is 0.0573 e. The van der Waals surface area contributed by atoms with Gasteiger partial charge in [-0.15, -0.1) is 0 Å². The van der Waals surface area contributed by atoms with E-state index in [2.05, 4.69) is 47.6 Å². The van der Waals surface area contributed by atoms with Gasteiger partial charge >= 0.3 is 0 Å². The lowest BCUT2D eigenvalue weighted by Crippen LogP contribution is -2.16. The maximum atomic E-state index is 4.49. The highest BCUT2D eigenvalue weighted by molar-refractivity contribution is 5.33. The summed E-state index contributed by atoms with van der Waals surface area (Å²) in [5.41, 5.74) is 5.51. The molecule has 0 saturated heterocycles. The van der Waals surface area contributed by atoms with Crippen LogP contribution in [0, 0.1) is 0 Å². The predicted octanol–water partition coefficient (Wildman–Crippen LogP) is 3.81.